The third-order valence-electron chi connectivity index (χ3n) is 4.93. The number of carbonyl (C=O) groups is 2. The first-order valence-corrected chi connectivity index (χ1v) is 9.22. The predicted octanol–water partition coefficient (Wildman–Crippen LogP) is 0.350. The number of amides is 2. The van der Waals surface area contributed by atoms with E-state index in [-0.39, 0.29) is 17.7 Å². The Morgan fingerprint density at radius 3 is 2.89 bits per heavy atom. The average Bonchev–Trinajstić information content (AvgIpc) is 3.32. The van der Waals surface area contributed by atoms with Crippen molar-refractivity contribution in [3.05, 3.63) is 41.7 Å². The number of ether oxygens (including phenoxy) is 1. The fourth-order valence-corrected chi connectivity index (χ4v) is 3.40. The Morgan fingerprint density at radius 2 is 2.18 bits per heavy atom. The van der Waals surface area contributed by atoms with E-state index in [4.69, 9.17) is 4.74 Å². The number of aromatic nitrogens is 3. The van der Waals surface area contributed by atoms with E-state index in [1.807, 2.05) is 0 Å². The van der Waals surface area contributed by atoms with Gasteiger partial charge in [-0.05, 0) is 25.8 Å². The van der Waals surface area contributed by atoms with Crippen LogP contribution in [0.2, 0.25) is 0 Å². The third kappa shape index (κ3) is 4.66. The van der Waals surface area contributed by atoms with Crippen LogP contribution < -0.4 is 15.4 Å². The molecule has 9 nitrogen and oxygen atoms in total. The number of aliphatic hydroxyl groups excluding tert-OH is 1. The first kappa shape index (κ1) is 19.8. The molecule has 0 spiro atoms. The summed E-state index contributed by atoms with van der Waals surface area (Å²) in [7, 11) is 1.47. The number of imidazole rings is 1. The number of aromatic amines is 1. The summed E-state index contributed by atoms with van der Waals surface area (Å²) >= 11 is 0. The molecule has 3 rings (SSSR count). The fourth-order valence-electron chi connectivity index (χ4n) is 3.40. The number of carbonyl (C=O) groups excluding carboxylic acids is 2. The number of nitrogens with one attached hydrogen (secondary N) is 3. The Labute approximate surface area is 162 Å². The number of aliphatic hydroxyl groups is 1. The van der Waals surface area contributed by atoms with Crippen LogP contribution in [0.4, 0.5) is 0 Å². The molecule has 0 aliphatic heterocycles. The number of rotatable bonds is 7. The highest BCUT2D eigenvalue weighted by molar-refractivity contribution is 5.97. The first-order chi connectivity index (χ1) is 13.5. The second-order valence-corrected chi connectivity index (χ2v) is 6.96. The SMILES string of the molecule is COc1cnc(C)cc1C(=O)N[C@@H]1C[C@H](C(=O)NCCc2cnc[nH]2)C[C@H]1O. The first-order valence-electron chi connectivity index (χ1n) is 9.22. The van der Waals surface area contributed by atoms with Crippen LogP contribution in [0, 0.1) is 12.8 Å². The van der Waals surface area contributed by atoms with Gasteiger partial charge in [0.15, 0.2) is 0 Å². The summed E-state index contributed by atoms with van der Waals surface area (Å²) in [6, 6.07) is 1.14. The quantitative estimate of drug-likeness (QED) is 0.543. The van der Waals surface area contributed by atoms with Crippen LogP contribution in [0.25, 0.3) is 0 Å². The van der Waals surface area contributed by atoms with E-state index in [1.165, 1.54) is 13.3 Å². The van der Waals surface area contributed by atoms with E-state index < -0.39 is 12.1 Å². The van der Waals surface area contributed by atoms with Crippen molar-refractivity contribution >= 4 is 11.8 Å². The largest absolute Gasteiger partial charge is 0.494 e. The Kier molecular flexibility index (Phi) is 6.25. The highest BCUT2D eigenvalue weighted by atomic mass is 16.5. The molecule has 1 aliphatic rings. The molecule has 0 unspecified atom stereocenters. The van der Waals surface area contributed by atoms with Crippen LogP contribution >= 0.6 is 0 Å². The maximum absolute atomic E-state index is 12.6. The van der Waals surface area contributed by atoms with Crippen molar-refractivity contribution in [3.8, 4) is 5.75 Å². The molecule has 9 heteroatoms. The molecule has 2 heterocycles. The van der Waals surface area contributed by atoms with Crippen molar-refractivity contribution in [1.82, 2.24) is 25.6 Å². The summed E-state index contributed by atoms with van der Waals surface area (Å²) in [5, 5.41) is 16.0. The zero-order chi connectivity index (χ0) is 20.1. The number of hydrogen-bond donors (Lipinski definition) is 4. The summed E-state index contributed by atoms with van der Waals surface area (Å²) in [6.45, 7) is 2.27. The highest BCUT2D eigenvalue weighted by Gasteiger charge is 2.38. The number of nitrogens with zero attached hydrogens (tertiary/aromatic N) is 2. The van der Waals surface area contributed by atoms with Gasteiger partial charge in [-0.2, -0.15) is 0 Å². The van der Waals surface area contributed by atoms with Gasteiger partial charge in [0.25, 0.3) is 5.91 Å². The minimum atomic E-state index is -0.777. The lowest BCUT2D eigenvalue weighted by Crippen LogP contribution is -2.40. The molecule has 0 radical (unpaired) electrons. The van der Waals surface area contributed by atoms with E-state index in [1.54, 1.807) is 25.5 Å². The van der Waals surface area contributed by atoms with E-state index in [0.717, 1.165) is 5.69 Å². The minimum absolute atomic E-state index is 0.118. The van der Waals surface area contributed by atoms with E-state index >= 15 is 0 Å². The molecule has 2 aromatic heterocycles. The molecule has 1 fully saturated rings. The molecule has 150 valence electrons. The van der Waals surface area contributed by atoms with Gasteiger partial charge in [0.2, 0.25) is 5.91 Å². The van der Waals surface area contributed by atoms with Crippen molar-refractivity contribution in [1.29, 1.82) is 0 Å². The third-order valence-corrected chi connectivity index (χ3v) is 4.93. The second-order valence-electron chi connectivity index (χ2n) is 6.96. The number of aryl methyl sites for hydroxylation is 1. The van der Waals surface area contributed by atoms with Crippen LogP contribution in [-0.4, -0.2) is 57.7 Å². The van der Waals surface area contributed by atoms with Gasteiger partial charge in [-0.25, -0.2) is 4.98 Å². The maximum atomic E-state index is 12.6. The second kappa shape index (κ2) is 8.83. The smallest absolute Gasteiger partial charge is 0.255 e. The van der Waals surface area contributed by atoms with Gasteiger partial charge in [-0.1, -0.05) is 0 Å². The molecule has 28 heavy (non-hydrogen) atoms. The lowest BCUT2D eigenvalue weighted by Gasteiger charge is -2.17. The molecular weight excluding hydrogens is 362 g/mol. The molecule has 4 N–H and O–H groups in total. The summed E-state index contributed by atoms with van der Waals surface area (Å²) in [5.41, 5.74) is 1.99. The van der Waals surface area contributed by atoms with Gasteiger partial charge in [0.1, 0.15) is 5.75 Å². The standard InChI is InChI=1S/C19H25N5O4/c1-11-5-14(17(28-2)9-22-11)19(27)24-15-6-12(7-16(15)25)18(26)21-4-3-13-8-20-10-23-13/h5,8-10,12,15-16,25H,3-4,6-7H2,1-2H3,(H,20,23)(H,21,26)(H,24,27)/t12-,15+,16+/m0/s1. The number of pyridine rings is 1. The molecule has 2 aromatic rings. The van der Waals surface area contributed by atoms with Crippen molar-refractivity contribution < 1.29 is 19.4 Å². The zero-order valence-corrected chi connectivity index (χ0v) is 15.9. The Balaban J connectivity index is 1.54. The molecule has 3 atom stereocenters. The van der Waals surface area contributed by atoms with Crippen LogP contribution in [0.3, 0.4) is 0 Å². The topological polar surface area (TPSA) is 129 Å². The van der Waals surface area contributed by atoms with Crippen LogP contribution in [0.5, 0.6) is 5.75 Å². The van der Waals surface area contributed by atoms with Crippen molar-refractivity contribution in [3.63, 3.8) is 0 Å². The number of methoxy groups -OCH3 is 1. The van der Waals surface area contributed by atoms with Gasteiger partial charge in [0, 0.05) is 36.5 Å². The van der Waals surface area contributed by atoms with E-state index in [9.17, 15) is 14.7 Å². The zero-order valence-electron chi connectivity index (χ0n) is 15.9. The number of H-pyrrole nitrogens is 1. The van der Waals surface area contributed by atoms with E-state index in [2.05, 4.69) is 25.6 Å². The Bertz CT molecular complexity index is 824. The van der Waals surface area contributed by atoms with Gasteiger partial charge in [-0.3, -0.25) is 14.6 Å². The summed E-state index contributed by atoms with van der Waals surface area (Å²) < 4.78 is 5.19. The van der Waals surface area contributed by atoms with Gasteiger partial charge in [-0.15, -0.1) is 0 Å². The molecule has 0 bridgehead atoms. The van der Waals surface area contributed by atoms with Crippen molar-refractivity contribution in [2.24, 2.45) is 5.92 Å². The molecule has 1 saturated carbocycles. The summed E-state index contributed by atoms with van der Waals surface area (Å²) in [6.07, 6.45) is 5.38. The van der Waals surface area contributed by atoms with Gasteiger partial charge >= 0.3 is 0 Å². The van der Waals surface area contributed by atoms with Gasteiger partial charge in [0.05, 0.1) is 37.3 Å². The minimum Gasteiger partial charge on any atom is -0.494 e. The fraction of sp³-hybridized carbons (Fsp3) is 0.474. The lowest BCUT2D eigenvalue weighted by atomic mass is 10.1. The Morgan fingerprint density at radius 1 is 1.36 bits per heavy atom. The molecule has 0 aromatic carbocycles. The average molecular weight is 387 g/mol. The normalized spacial score (nSPS) is 21.3. The Hall–Kier alpha value is -2.94. The van der Waals surface area contributed by atoms with Gasteiger partial charge < -0.3 is 25.5 Å². The van der Waals surface area contributed by atoms with Crippen LogP contribution in [-0.2, 0) is 11.2 Å². The van der Waals surface area contributed by atoms with Crippen molar-refractivity contribution in [2.75, 3.05) is 13.7 Å². The maximum Gasteiger partial charge on any atom is 0.255 e. The summed E-state index contributed by atoms with van der Waals surface area (Å²) in [5.74, 6) is -0.453. The monoisotopic (exact) mass is 387 g/mol. The summed E-state index contributed by atoms with van der Waals surface area (Å²) in [4.78, 5) is 36.0. The molecule has 1 aliphatic carbocycles. The molecular formula is C19H25N5O4. The highest BCUT2D eigenvalue weighted by Crippen LogP contribution is 2.27. The molecule has 2 amide bonds. The van der Waals surface area contributed by atoms with Crippen molar-refractivity contribution in [2.45, 2.75) is 38.3 Å². The predicted molar refractivity (Wildman–Crippen MR) is 101 cm³/mol. The lowest BCUT2D eigenvalue weighted by molar-refractivity contribution is -0.125. The molecule has 0 saturated heterocycles. The van der Waals surface area contributed by atoms with Crippen LogP contribution in [0.1, 0.15) is 34.6 Å². The number of hydrogen-bond acceptors (Lipinski definition) is 6. The van der Waals surface area contributed by atoms with Crippen LogP contribution in [0.15, 0.2) is 24.8 Å². The van der Waals surface area contributed by atoms with E-state index in [0.29, 0.717) is 42.8 Å².